The minimum Gasteiger partial charge on any atom is -0.494 e. The monoisotopic (exact) mass is 355 g/mol. The van der Waals surface area contributed by atoms with Crippen LogP contribution in [0.3, 0.4) is 0 Å². The summed E-state index contributed by atoms with van der Waals surface area (Å²) in [6, 6.07) is 7.95. The Morgan fingerprint density at radius 2 is 2.04 bits per heavy atom. The van der Waals surface area contributed by atoms with E-state index in [1.165, 1.54) is 0 Å². The van der Waals surface area contributed by atoms with Gasteiger partial charge in [0.15, 0.2) is 0 Å². The number of hydrogen-bond donors (Lipinski definition) is 2. The van der Waals surface area contributed by atoms with E-state index in [0.717, 1.165) is 42.9 Å². The van der Waals surface area contributed by atoms with E-state index in [1.807, 2.05) is 35.4 Å². The zero-order chi connectivity index (χ0) is 18.1. The Morgan fingerprint density at radius 3 is 2.77 bits per heavy atom. The number of amides is 2. The van der Waals surface area contributed by atoms with Gasteiger partial charge in [-0.15, -0.1) is 0 Å². The van der Waals surface area contributed by atoms with Gasteiger partial charge in [0, 0.05) is 37.4 Å². The lowest BCUT2D eigenvalue weighted by Gasteiger charge is -2.36. The number of hydrogen-bond acceptors (Lipinski definition) is 4. The largest absolute Gasteiger partial charge is 0.494 e. The van der Waals surface area contributed by atoms with Gasteiger partial charge in [-0.2, -0.15) is 5.10 Å². The fraction of sp³-hybridized carbons (Fsp3) is 0.474. The van der Waals surface area contributed by atoms with E-state index >= 15 is 0 Å². The topological polar surface area (TPSA) is 85.4 Å². The number of urea groups is 1. The number of para-hydroxylation sites is 2. The van der Waals surface area contributed by atoms with E-state index in [4.69, 9.17) is 10.5 Å². The molecule has 1 aliphatic carbocycles. The minimum atomic E-state index is -0.0150. The molecule has 2 fully saturated rings. The highest BCUT2D eigenvalue weighted by molar-refractivity contribution is 5.74. The molecule has 2 bridgehead atoms. The molecule has 2 heterocycles. The fourth-order valence-corrected chi connectivity index (χ4v) is 4.12. The number of piperidine rings is 1. The standard InChI is InChI=1S/C19H25N5O2/c1-26-17-5-3-2-4-16(17)24-10-13(9-22-24)8-21-19(25)23-11-14-6-7-15(12-23)18(14)20/h2-5,9-10,14-15,18H,6-8,11-12,20H2,1H3,(H,21,25). The molecule has 1 aromatic heterocycles. The number of aromatic nitrogens is 2. The molecule has 138 valence electrons. The first kappa shape index (κ1) is 16.9. The number of nitrogens with one attached hydrogen (secondary N) is 1. The van der Waals surface area contributed by atoms with Gasteiger partial charge in [0.25, 0.3) is 0 Å². The van der Waals surface area contributed by atoms with Crippen molar-refractivity contribution < 1.29 is 9.53 Å². The third-order valence-corrected chi connectivity index (χ3v) is 5.61. The molecule has 3 N–H and O–H groups in total. The van der Waals surface area contributed by atoms with Crippen molar-refractivity contribution in [2.45, 2.75) is 25.4 Å². The van der Waals surface area contributed by atoms with Crippen molar-refractivity contribution in [3.05, 3.63) is 42.2 Å². The SMILES string of the molecule is COc1ccccc1-n1cc(CNC(=O)N2CC3CCC(C2)C3N)cn1. The summed E-state index contributed by atoms with van der Waals surface area (Å²) < 4.78 is 7.14. The molecule has 1 aromatic carbocycles. The predicted molar refractivity (Wildman–Crippen MR) is 98.1 cm³/mol. The van der Waals surface area contributed by atoms with Crippen LogP contribution >= 0.6 is 0 Å². The Labute approximate surface area is 153 Å². The molecular formula is C19H25N5O2. The quantitative estimate of drug-likeness (QED) is 0.875. The first-order valence-electron chi connectivity index (χ1n) is 9.11. The van der Waals surface area contributed by atoms with Crippen molar-refractivity contribution in [3.63, 3.8) is 0 Å². The Bertz CT molecular complexity index is 776. The van der Waals surface area contributed by atoms with Crippen LogP contribution in [0, 0.1) is 11.8 Å². The molecule has 7 nitrogen and oxygen atoms in total. The van der Waals surface area contributed by atoms with Crippen molar-refractivity contribution in [1.82, 2.24) is 20.0 Å². The molecule has 1 saturated heterocycles. The summed E-state index contributed by atoms with van der Waals surface area (Å²) in [6.45, 7) is 1.99. The highest BCUT2D eigenvalue weighted by Gasteiger charge is 2.41. The Hall–Kier alpha value is -2.54. The molecular weight excluding hydrogens is 330 g/mol. The van der Waals surface area contributed by atoms with Crippen LogP contribution in [-0.4, -0.2) is 47.0 Å². The summed E-state index contributed by atoms with van der Waals surface area (Å²) in [5, 5.41) is 7.39. The second kappa shape index (κ2) is 6.99. The number of benzene rings is 1. The van der Waals surface area contributed by atoms with Gasteiger partial charge in [-0.25, -0.2) is 9.48 Å². The van der Waals surface area contributed by atoms with Crippen molar-refractivity contribution in [2.75, 3.05) is 20.2 Å². The molecule has 7 heteroatoms. The number of nitrogens with two attached hydrogens (primary N) is 1. The second-order valence-corrected chi connectivity index (χ2v) is 7.20. The van der Waals surface area contributed by atoms with E-state index in [2.05, 4.69) is 10.4 Å². The zero-order valence-electron chi connectivity index (χ0n) is 15.0. The Morgan fingerprint density at radius 1 is 1.31 bits per heavy atom. The maximum absolute atomic E-state index is 12.5. The average molecular weight is 355 g/mol. The Kier molecular flexibility index (Phi) is 4.55. The lowest BCUT2D eigenvalue weighted by Crippen LogP contribution is -2.53. The molecule has 2 atom stereocenters. The maximum Gasteiger partial charge on any atom is 0.317 e. The van der Waals surface area contributed by atoms with E-state index < -0.39 is 0 Å². The third-order valence-electron chi connectivity index (χ3n) is 5.61. The Balaban J connectivity index is 1.37. The fourth-order valence-electron chi connectivity index (χ4n) is 4.12. The number of nitrogens with zero attached hydrogens (tertiary/aromatic N) is 3. The number of likely N-dealkylation sites (tertiary alicyclic amines) is 1. The van der Waals surface area contributed by atoms with Gasteiger partial charge in [0.2, 0.25) is 0 Å². The van der Waals surface area contributed by atoms with Crippen LogP contribution in [0.1, 0.15) is 18.4 Å². The van der Waals surface area contributed by atoms with Crippen LogP contribution in [0.25, 0.3) is 5.69 Å². The number of rotatable bonds is 4. The summed E-state index contributed by atoms with van der Waals surface area (Å²) in [6.07, 6.45) is 5.96. The second-order valence-electron chi connectivity index (χ2n) is 7.20. The summed E-state index contributed by atoms with van der Waals surface area (Å²) in [4.78, 5) is 14.4. The van der Waals surface area contributed by atoms with Gasteiger partial charge in [0.1, 0.15) is 11.4 Å². The average Bonchev–Trinajstić information content (AvgIpc) is 3.20. The zero-order valence-corrected chi connectivity index (χ0v) is 15.0. The smallest absolute Gasteiger partial charge is 0.317 e. The lowest BCUT2D eigenvalue weighted by atomic mass is 9.93. The number of ether oxygens (including phenoxy) is 1. The molecule has 2 unspecified atom stereocenters. The van der Waals surface area contributed by atoms with Crippen molar-refractivity contribution >= 4 is 6.03 Å². The highest BCUT2D eigenvalue weighted by Crippen LogP contribution is 2.35. The molecule has 1 aliphatic heterocycles. The van der Waals surface area contributed by atoms with Crippen LogP contribution in [0.4, 0.5) is 4.79 Å². The first-order valence-corrected chi connectivity index (χ1v) is 9.11. The number of fused-ring (bicyclic) bond motifs is 2. The highest BCUT2D eigenvalue weighted by atomic mass is 16.5. The molecule has 2 aliphatic rings. The van der Waals surface area contributed by atoms with Gasteiger partial charge in [-0.05, 0) is 36.8 Å². The molecule has 2 amide bonds. The lowest BCUT2D eigenvalue weighted by molar-refractivity contribution is 0.150. The normalized spacial score (nSPS) is 24.5. The molecule has 2 aromatic rings. The van der Waals surface area contributed by atoms with Gasteiger partial charge in [-0.3, -0.25) is 0 Å². The number of carbonyl (C=O) groups is 1. The van der Waals surface area contributed by atoms with E-state index in [9.17, 15) is 4.79 Å². The van der Waals surface area contributed by atoms with Gasteiger partial charge >= 0.3 is 6.03 Å². The molecule has 0 spiro atoms. The van der Waals surface area contributed by atoms with Crippen LogP contribution < -0.4 is 15.8 Å². The predicted octanol–water partition coefficient (Wildman–Crippen LogP) is 1.76. The van der Waals surface area contributed by atoms with Gasteiger partial charge in [0.05, 0.1) is 13.3 Å². The summed E-state index contributed by atoms with van der Waals surface area (Å²) in [5.74, 6) is 1.66. The van der Waals surface area contributed by atoms with Crippen LogP contribution in [0.5, 0.6) is 5.75 Å². The van der Waals surface area contributed by atoms with Crippen molar-refractivity contribution in [3.8, 4) is 11.4 Å². The number of carbonyl (C=O) groups excluding carboxylic acids is 1. The van der Waals surface area contributed by atoms with Gasteiger partial charge < -0.3 is 20.7 Å². The maximum atomic E-state index is 12.5. The number of methoxy groups -OCH3 is 1. The van der Waals surface area contributed by atoms with Crippen LogP contribution in [0.15, 0.2) is 36.7 Å². The summed E-state index contributed by atoms with van der Waals surface area (Å²) in [5.41, 5.74) is 8.03. The minimum absolute atomic E-state index is 0.0150. The van der Waals surface area contributed by atoms with Crippen LogP contribution in [0.2, 0.25) is 0 Å². The summed E-state index contributed by atoms with van der Waals surface area (Å²) in [7, 11) is 1.64. The first-order chi connectivity index (χ1) is 12.7. The summed E-state index contributed by atoms with van der Waals surface area (Å²) >= 11 is 0. The van der Waals surface area contributed by atoms with Crippen molar-refractivity contribution in [1.29, 1.82) is 0 Å². The van der Waals surface area contributed by atoms with E-state index in [0.29, 0.717) is 18.4 Å². The van der Waals surface area contributed by atoms with E-state index in [1.54, 1.807) is 18.0 Å². The molecule has 4 rings (SSSR count). The van der Waals surface area contributed by atoms with Crippen LogP contribution in [-0.2, 0) is 6.54 Å². The molecule has 0 radical (unpaired) electrons. The molecule has 1 saturated carbocycles. The van der Waals surface area contributed by atoms with Crippen molar-refractivity contribution in [2.24, 2.45) is 17.6 Å². The molecule has 26 heavy (non-hydrogen) atoms. The van der Waals surface area contributed by atoms with Gasteiger partial charge in [-0.1, -0.05) is 12.1 Å². The van der Waals surface area contributed by atoms with E-state index in [-0.39, 0.29) is 12.1 Å². The third kappa shape index (κ3) is 3.14.